The van der Waals surface area contributed by atoms with Gasteiger partial charge in [0, 0.05) is 23.9 Å². The van der Waals surface area contributed by atoms with Crippen LogP contribution in [0.3, 0.4) is 0 Å². The Morgan fingerprint density at radius 2 is 2.40 bits per heavy atom. The highest BCUT2D eigenvalue weighted by Crippen LogP contribution is 2.33. The van der Waals surface area contributed by atoms with Gasteiger partial charge in [-0.3, -0.25) is 4.79 Å². The highest BCUT2D eigenvalue weighted by molar-refractivity contribution is 7.08. The largest absolute Gasteiger partial charge is 0.361 e. The van der Waals surface area contributed by atoms with E-state index in [0.29, 0.717) is 5.92 Å². The molecule has 2 aromatic rings. The van der Waals surface area contributed by atoms with Crippen LogP contribution in [-0.4, -0.2) is 22.5 Å². The van der Waals surface area contributed by atoms with E-state index in [2.05, 4.69) is 19.0 Å². The van der Waals surface area contributed by atoms with E-state index in [1.807, 2.05) is 27.8 Å². The van der Waals surface area contributed by atoms with Gasteiger partial charge in [0.1, 0.15) is 11.5 Å². The number of rotatable bonds is 3. The number of likely N-dealkylation sites (tertiary alicyclic amines) is 1. The van der Waals surface area contributed by atoms with Gasteiger partial charge in [0.25, 0.3) is 5.91 Å². The van der Waals surface area contributed by atoms with Crippen LogP contribution >= 0.6 is 11.3 Å². The second-order valence-electron chi connectivity index (χ2n) is 5.48. The molecule has 20 heavy (non-hydrogen) atoms. The van der Waals surface area contributed by atoms with Crippen molar-refractivity contribution in [1.82, 2.24) is 10.1 Å². The highest BCUT2D eigenvalue weighted by Gasteiger charge is 2.33. The normalized spacial score (nSPS) is 18.9. The number of hydrogen-bond donors (Lipinski definition) is 0. The number of hydrogen-bond acceptors (Lipinski definition) is 4. The first-order valence-corrected chi connectivity index (χ1v) is 7.91. The Bertz CT molecular complexity index is 589. The van der Waals surface area contributed by atoms with Crippen molar-refractivity contribution in [3.05, 3.63) is 39.9 Å². The van der Waals surface area contributed by atoms with Gasteiger partial charge in [0.05, 0.1) is 11.6 Å². The Hall–Kier alpha value is -1.62. The molecule has 1 aliphatic rings. The average Bonchev–Trinajstić information content (AvgIpc) is 3.17. The van der Waals surface area contributed by atoms with Crippen LogP contribution in [0.15, 0.2) is 27.4 Å². The van der Waals surface area contributed by atoms with Crippen molar-refractivity contribution in [3.63, 3.8) is 0 Å². The fraction of sp³-hybridized carbons (Fsp3) is 0.467. The molecule has 0 radical (unpaired) electrons. The maximum atomic E-state index is 12.5. The summed E-state index contributed by atoms with van der Waals surface area (Å²) in [5, 5.41) is 8.01. The first-order chi connectivity index (χ1) is 9.66. The van der Waals surface area contributed by atoms with Crippen LogP contribution in [0, 0.1) is 0 Å². The molecule has 1 fully saturated rings. The lowest BCUT2D eigenvalue weighted by atomic mass is 10.1. The van der Waals surface area contributed by atoms with E-state index in [9.17, 15) is 4.79 Å². The Balaban J connectivity index is 1.83. The molecule has 4 nitrogen and oxygen atoms in total. The standard InChI is InChI=1S/C15H18N2O2S/c1-10(2)14-8-12(16-19-14)13-4-3-6-17(13)15(18)11-5-7-20-9-11/h5,7-10,13H,3-4,6H2,1-2H3. The summed E-state index contributed by atoms with van der Waals surface area (Å²) in [5.74, 6) is 1.30. The molecule has 106 valence electrons. The number of nitrogens with zero attached hydrogens (tertiary/aromatic N) is 2. The summed E-state index contributed by atoms with van der Waals surface area (Å²) in [7, 11) is 0. The van der Waals surface area contributed by atoms with E-state index in [0.717, 1.165) is 36.4 Å². The Kier molecular flexibility index (Phi) is 3.61. The van der Waals surface area contributed by atoms with E-state index in [1.165, 1.54) is 0 Å². The van der Waals surface area contributed by atoms with Crippen molar-refractivity contribution in [2.75, 3.05) is 6.54 Å². The molecule has 0 bridgehead atoms. The minimum Gasteiger partial charge on any atom is -0.361 e. The summed E-state index contributed by atoms with van der Waals surface area (Å²) < 4.78 is 5.37. The molecule has 0 spiro atoms. The minimum atomic E-state index is 0.0543. The zero-order valence-electron chi connectivity index (χ0n) is 11.7. The second kappa shape index (κ2) is 5.40. The van der Waals surface area contributed by atoms with Crippen molar-refractivity contribution in [2.45, 2.75) is 38.6 Å². The topological polar surface area (TPSA) is 46.3 Å². The molecular weight excluding hydrogens is 272 g/mol. The summed E-state index contributed by atoms with van der Waals surface area (Å²) in [4.78, 5) is 14.4. The molecule has 0 aliphatic carbocycles. The molecule has 2 aromatic heterocycles. The molecule has 0 N–H and O–H groups in total. The van der Waals surface area contributed by atoms with Crippen molar-refractivity contribution < 1.29 is 9.32 Å². The zero-order valence-corrected chi connectivity index (χ0v) is 12.5. The van der Waals surface area contributed by atoms with Crippen molar-refractivity contribution in [2.24, 2.45) is 0 Å². The smallest absolute Gasteiger partial charge is 0.255 e. The lowest BCUT2D eigenvalue weighted by Gasteiger charge is -2.22. The highest BCUT2D eigenvalue weighted by atomic mass is 32.1. The van der Waals surface area contributed by atoms with Gasteiger partial charge in [-0.15, -0.1) is 0 Å². The van der Waals surface area contributed by atoms with Gasteiger partial charge in [-0.25, -0.2) is 0 Å². The summed E-state index contributed by atoms with van der Waals surface area (Å²) in [6.45, 7) is 4.95. The monoisotopic (exact) mass is 290 g/mol. The third-order valence-electron chi connectivity index (χ3n) is 3.74. The minimum absolute atomic E-state index is 0.0543. The number of amides is 1. The molecule has 1 saturated heterocycles. The van der Waals surface area contributed by atoms with Crippen molar-refractivity contribution in [3.8, 4) is 0 Å². The molecule has 5 heteroatoms. The fourth-order valence-corrected chi connectivity index (χ4v) is 3.23. The number of carbonyl (C=O) groups excluding carboxylic acids is 1. The van der Waals surface area contributed by atoms with Crippen molar-refractivity contribution >= 4 is 17.2 Å². The summed E-state index contributed by atoms with van der Waals surface area (Å²) >= 11 is 1.55. The molecule has 1 atom stereocenters. The van der Waals surface area contributed by atoms with E-state index >= 15 is 0 Å². The SMILES string of the molecule is CC(C)c1cc(C2CCCN2C(=O)c2ccsc2)no1. The van der Waals surface area contributed by atoms with Gasteiger partial charge in [0.15, 0.2) is 0 Å². The van der Waals surface area contributed by atoms with Gasteiger partial charge in [0.2, 0.25) is 0 Å². The van der Waals surface area contributed by atoms with Gasteiger partial charge in [-0.05, 0) is 24.3 Å². The zero-order chi connectivity index (χ0) is 14.1. The number of thiophene rings is 1. The second-order valence-corrected chi connectivity index (χ2v) is 6.26. The molecule has 0 aromatic carbocycles. The molecular formula is C15H18N2O2S. The Labute approximate surface area is 122 Å². The molecule has 3 rings (SSSR count). The van der Waals surface area contributed by atoms with Crippen LogP contribution in [-0.2, 0) is 0 Å². The van der Waals surface area contributed by atoms with E-state index in [1.54, 1.807) is 11.3 Å². The summed E-state index contributed by atoms with van der Waals surface area (Å²) in [6, 6.07) is 3.93. The van der Waals surface area contributed by atoms with Crippen LogP contribution in [0.1, 0.15) is 60.5 Å². The maximum Gasteiger partial charge on any atom is 0.255 e. The van der Waals surface area contributed by atoms with Crippen LogP contribution in [0.25, 0.3) is 0 Å². The fourth-order valence-electron chi connectivity index (χ4n) is 2.60. The van der Waals surface area contributed by atoms with E-state index < -0.39 is 0 Å². The van der Waals surface area contributed by atoms with Crippen LogP contribution in [0.4, 0.5) is 0 Å². The van der Waals surface area contributed by atoms with Crippen LogP contribution < -0.4 is 0 Å². The third kappa shape index (κ3) is 2.38. The van der Waals surface area contributed by atoms with Gasteiger partial charge >= 0.3 is 0 Å². The Morgan fingerprint density at radius 1 is 1.55 bits per heavy atom. The molecule has 1 amide bonds. The van der Waals surface area contributed by atoms with Gasteiger partial charge in [-0.2, -0.15) is 11.3 Å². The number of carbonyl (C=O) groups is 1. The van der Waals surface area contributed by atoms with Crippen LogP contribution in [0.5, 0.6) is 0 Å². The first kappa shape index (κ1) is 13.4. The quantitative estimate of drug-likeness (QED) is 0.863. The number of aromatic nitrogens is 1. The summed E-state index contributed by atoms with van der Waals surface area (Å²) in [5.41, 5.74) is 1.66. The van der Waals surface area contributed by atoms with Crippen molar-refractivity contribution in [1.29, 1.82) is 0 Å². The molecule has 0 saturated carbocycles. The van der Waals surface area contributed by atoms with Gasteiger partial charge < -0.3 is 9.42 Å². The molecule has 3 heterocycles. The predicted molar refractivity (Wildman–Crippen MR) is 77.9 cm³/mol. The lowest BCUT2D eigenvalue weighted by Crippen LogP contribution is -2.30. The third-order valence-corrected chi connectivity index (χ3v) is 4.42. The molecule has 1 unspecified atom stereocenters. The van der Waals surface area contributed by atoms with Gasteiger partial charge in [-0.1, -0.05) is 19.0 Å². The maximum absolute atomic E-state index is 12.5. The molecule has 1 aliphatic heterocycles. The predicted octanol–water partition coefficient (Wildman–Crippen LogP) is 3.84. The Morgan fingerprint density at radius 3 is 3.05 bits per heavy atom. The lowest BCUT2D eigenvalue weighted by molar-refractivity contribution is 0.0731. The van der Waals surface area contributed by atoms with E-state index in [4.69, 9.17) is 4.52 Å². The van der Waals surface area contributed by atoms with Crippen LogP contribution in [0.2, 0.25) is 0 Å². The first-order valence-electron chi connectivity index (χ1n) is 6.96. The average molecular weight is 290 g/mol. The summed E-state index contributed by atoms with van der Waals surface area (Å²) in [6.07, 6.45) is 1.98. The van der Waals surface area contributed by atoms with E-state index in [-0.39, 0.29) is 11.9 Å².